The number of aryl methyl sites for hydroxylation is 1. The number of benzene rings is 1. The van der Waals surface area contributed by atoms with Gasteiger partial charge in [0, 0.05) is 44.5 Å². The van der Waals surface area contributed by atoms with Crippen molar-refractivity contribution in [2.45, 2.75) is 44.2 Å². The van der Waals surface area contributed by atoms with Gasteiger partial charge in [-0.15, -0.1) is 0 Å². The van der Waals surface area contributed by atoms with Crippen LogP contribution in [0.2, 0.25) is 0 Å². The zero-order chi connectivity index (χ0) is 21.0. The van der Waals surface area contributed by atoms with E-state index >= 15 is 0 Å². The van der Waals surface area contributed by atoms with Crippen LogP contribution in [-0.4, -0.2) is 58.8 Å². The van der Waals surface area contributed by atoms with Crippen molar-refractivity contribution >= 4 is 5.82 Å². The van der Waals surface area contributed by atoms with Crippen molar-refractivity contribution in [3.8, 4) is 17.1 Å². The van der Waals surface area contributed by atoms with Crippen molar-refractivity contribution in [2.75, 3.05) is 31.8 Å². The normalized spacial score (nSPS) is 20.9. The van der Waals surface area contributed by atoms with Crippen molar-refractivity contribution in [1.82, 2.24) is 19.7 Å². The molecule has 2 fully saturated rings. The molecule has 0 radical (unpaired) electrons. The third kappa shape index (κ3) is 4.62. The number of hydrogen-bond acceptors (Lipinski definition) is 6. The van der Waals surface area contributed by atoms with Gasteiger partial charge < -0.3 is 14.4 Å². The maximum absolute atomic E-state index is 5.80. The molecule has 0 N–H and O–H groups in total. The molecule has 0 saturated carbocycles. The standard InChI is InChI=1S/C24H29N5O2/c1-28(19-12-15-30-17-19)23-16-24(26-22(25-23)10-9-20-8-5-14-31-20)29-13-11-21(27-29)18-6-3-2-4-7-18/h2-4,6-7,11,13,16,19-20H,5,8-10,12,14-15,17H2,1H3. The Morgan fingerprint density at radius 1 is 1.10 bits per heavy atom. The first-order chi connectivity index (χ1) is 15.3. The average Bonchev–Trinajstić information content (AvgIpc) is 3.60. The highest BCUT2D eigenvalue weighted by atomic mass is 16.5. The summed E-state index contributed by atoms with van der Waals surface area (Å²) in [5.41, 5.74) is 2.02. The lowest BCUT2D eigenvalue weighted by Crippen LogP contribution is -2.33. The predicted octanol–water partition coefficient (Wildman–Crippen LogP) is 3.67. The van der Waals surface area contributed by atoms with Crippen LogP contribution in [-0.2, 0) is 15.9 Å². The van der Waals surface area contributed by atoms with Crippen LogP contribution in [0.15, 0.2) is 48.7 Å². The molecule has 0 spiro atoms. The second-order valence-electron chi connectivity index (χ2n) is 8.31. The van der Waals surface area contributed by atoms with Crippen LogP contribution in [0.1, 0.15) is 31.5 Å². The molecular weight excluding hydrogens is 390 g/mol. The summed E-state index contributed by atoms with van der Waals surface area (Å²) in [6.45, 7) is 2.41. The molecule has 2 saturated heterocycles. The van der Waals surface area contributed by atoms with Gasteiger partial charge in [0.1, 0.15) is 11.6 Å². The van der Waals surface area contributed by atoms with Gasteiger partial charge in [-0.2, -0.15) is 5.10 Å². The van der Waals surface area contributed by atoms with Crippen LogP contribution in [0.25, 0.3) is 17.1 Å². The fraction of sp³-hybridized carbons (Fsp3) is 0.458. The van der Waals surface area contributed by atoms with Crippen molar-refractivity contribution in [3.05, 3.63) is 54.5 Å². The summed E-state index contributed by atoms with van der Waals surface area (Å²) >= 11 is 0. The number of ether oxygens (including phenoxy) is 2. The van der Waals surface area contributed by atoms with Crippen LogP contribution < -0.4 is 4.90 Å². The summed E-state index contributed by atoms with van der Waals surface area (Å²) < 4.78 is 13.2. The molecule has 2 aromatic heterocycles. The van der Waals surface area contributed by atoms with Gasteiger partial charge >= 0.3 is 0 Å². The van der Waals surface area contributed by atoms with E-state index in [0.29, 0.717) is 12.1 Å². The highest BCUT2D eigenvalue weighted by molar-refractivity contribution is 5.58. The smallest absolute Gasteiger partial charge is 0.159 e. The summed E-state index contributed by atoms with van der Waals surface area (Å²) in [5.74, 6) is 2.55. The Bertz CT molecular complexity index is 994. The maximum Gasteiger partial charge on any atom is 0.159 e. The summed E-state index contributed by atoms with van der Waals surface area (Å²) in [6, 6.07) is 14.6. The molecule has 0 aliphatic carbocycles. The first-order valence-corrected chi connectivity index (χ1v) is 11.2. The fourth-order valence-electron chi connectivity index (χ4n) is 4.27. The molecule has 0 bridgehead atoms. The summed E-state index contributed by atoms with van der Waals surface area (Å²) in [5, 5.41) is 4.79. The Hall–Kier alpha value is -2.77. The molecule has 162 valence electrons. The molecule has 7 heteroatoms. The highest BCUT2D eigenvalue weighted by Crippen LogP contribution is 2.24. The van der Waals surface area contributed by atoms with Crippen molar-refractivity contribution < 1.29 is 9.47 Å². The number of rotatable bonds is 7. The van der Waals surface area contributed by atoms with Gasteiger partial charge in [-0.1, -0.05) is 30.3 Å². The number of aromatic nitrogens is 4. The molecular formula is C24H29N5O2. The van der Waals surface area contributed by atoms with E-state index in [2.05, 4.69) is 24.1 Å². The van der Waals surface area contributed by atoms with Gasteiger partial charge in [0.25, 0.3) is 0 Å². The van der Waals surface area contributed by atoms with E-state index in [1.165, 1.54) is 0 Å². The van der Waals surface area contributed by atoms with Crippen molar-refractivity contribution in [3.63, 3.8) is 0 Å². The predicted molar refractivity (Wildman–Crippen MR) is 120 cm³/mol. The third-order valence-electron chi connectivity index (χ3n) is 6.17. The zero-order valence-corrected chi connectivity index (χ0v) is 18.0. The van der Waals surface area contributed by atoms with Crippen LogP contribution in [0.3, 0.4) is 0 Å². The molecule has 2 atom stereocenters. The Balaban J connectivity index is 1.44. The molecule has 2 unspecified atom stereocenters. The molecule has 2 aliphatic heterocycles. The quantitative estimate of drug-likeness (QED) is 0.582. The fourth-order valence-corrected chi connectivity index (χ4v) is 4.27. The highest BCUT2D eigenvalue weighted by Gasteiger charge is 2.23. The molecule has 2 aliphatic rings. The largest absolute Gasteiger partial charge is 0.379 e. The number of likely N-dealkylation sites (N-methyl/N-ethyl adjacent to an activating group) is 1. The van der Waals surface area contributed by atoms with Gasteiger partial charge in [0.2, 0.25) is 0 Å². The van der Waals surface area contributed by atoms with E-state index in [-0.39, 0.29) is 0 Å². The van der Waals surface area contributed by atoms with Gasteiger partial charge in [-0.3, -0.25) is 0 Å². The summed E-state index contributed by atoms with van der Waals surface area (Å²) in [6.07, 6.45) is 7.34. The lowest BCUT2D eigenvalue weighted by molar-refractivity contribution is 0.104. The average molecular weight is 420 g/mol. The lowest BCUT2D eigenvalue weighted by Gasteiger charge is -2.25. The molecule has 0 amide bonds. The summed E-state index contributed by atoms with van der Waals surface area (Å²) in [4.78, 5) is 12.0. The van der Waals surface area contributed by atoms with E-state index in [4.69, 9.17) is 24.5 Å². The second-order valence-corrected chi connectivity index (χ2v) is 8.31. The SMILES string of the molecule is CN(c1cc(-n2ccc(-c3ccccc3)n2)nc(CCC2CCCO2)n1)C1CCOC1. The number of anilines is 1. The molecule has 5 rings (SSSR count). The van der Waals surface area contributed by atoms with Crippen LogP contribution in [0.4, 0.5) is 5.82 Å². The minimum Gasteiger partial charge on any atom is -0.379 e. The van der Waals surface area contributed by atoms with E-state index < -0.39 is 0 Å². The monoisotopic (exact) mass is 419 g/mol. The minimum absolute atomic E-state index is 0.325. The first-order valence-electron chi connectivity index (χ1n) is 11.2. The van der Waals surface area contributed by atoms with Crippen molar-refractivity contribution in [2.24, 2.45) is 0 Å². The Morgan fingerprint density at radius 3 is 2.77 bits per heavy atom. The van der Waals surface area contributed by atoms with E-state index in [9.17, 15) is 0 Å². The topological polar surface area (TPSA) is 65.3 Å². The molecule has 7 nitrogen and oxygen atoms in total. The van der Waals surface area contributed by atoms with E-state index in [1.54, 1.807) is 0 Å². The van der Waals surface area contributed by atoms with Crippen LogP contribution in [0.5, 0.6) is 0 Å². The minimum atomic E-state index is 0.325. The van der Waals surface area contributed by atoms with Crippen LogP contribution in [0, 0.1) is 0 Å². The van der Waals surface area contributed by atoms with Gasteiger partial charge in [-0.25, -0.2) is 14.6 Å². The van der Waals surface area contributed by atoms with Gasteiger partial charge in [-0.05, 0) is 31.7 Å². The van der Waals surface area contributed by atoms with Crippen molar-refractivity contribution in [1.29, 1.82) is 0 Å². The lowest BCUT2D eigenvalue weighted by atomic mass is 10.1. The Labute approximate surface area is 183 Å². The summed E-state index contributed by atoms with van der Waals surface area (Å²) in [7, 11) is 2.09. The third-order valence-corrected chi connectivity index (χ3v) is 6.17. The second kappa shape index (κ2) is 9.16. The van der Waals surface area contributed by atoms with E-state index in [1.807, 2.05) is 41.2 Å². The first kappa shape index (κ1) is 20.2. The molecule has 31 heavy (non-hydrogen) atoms. The Morgan fingerprint density at radius 2 is 2.00 bits per heavy atom. The van der Waals surface area contributed by atoms with E-state index in [0.717, 1.165) is 80.6 Å². The maximum atomic E-state index is 5.80. The number of hydrogen-bond donors (Lipinski definition) is 0. The van der Waals surface area contributed by atoms with Gasteiger partial charge in [0.15, 0.2) is 5.82 Å². The van der Waals surface area contributed by atoms with Gasteiger partial charge in [0.05, 0.1) is 24.4 Å². The molecule has 1 aromatic carbocycles. The molecule has 4 heterocycles. The molecule has 3 aromatic rings. The number of nitrogens with zero attached hydrogens (tertiary/aromatic N) is 5. The zero-order valence-electron chi connectivity index (χ0n) is 18.0. The van der Waals surface area contributed by atoms with Crippen LogP contribution >= 0.6 is 0 Å². The Kier molecular flexibility index (Phi) is 5.95.